The molecule has 0 saturated heterocycles. The van der Waals surface area contributed by atoms with Crippen LogP contribution in [0.25, 0.3) is 0 Å². The van der Waals surface area contributed by atoms with E-state index in [2.05, 4.69) is 69.1 Å². The zero-order valence-electron chi connectivity index (χ0n) is 22.0. The van der Waals surface area contributed by atoms with Crippen molar-refractivity contribution >= 4 is 17.5 Å². The smallest absolute Gasteiger partial charge is 0.294 e. The SMILES string of the molecule is Cc1nc(N)ccc1CNC(=O)[C@@H]1CCc2cnc(NCC3c4ccccc4CCc4ccccc43)c(=O)n21. The standard InChI is InChI=1S/C31H32N6O2/c1-19-22(12-15-28(32)36-19)16-35-30(38)27-14-13-23-17-33-29(31(39)37(23)27)34-18-26-24-8-4-2-6-20(24)10-11-21-7-3-5-9-25(21)26/h2-9,12,15,17,26-27H,10-11,13-14,16,18H2,1H3,(H2,32,36)(H,33,34)(H,35,38)/t27-/m0/s1. The first-order valence-corrected chi connectivity index (χ1v) is 13.5. The molecule has 198 valence electrons. The van der Waals surface area contributed by atoms with E-state index in [4.69, 9.17) is 5.73 Å². The number of benzene rings is 2. The molecule has 2 aliphatic rings. The van der Waals surface area contributed by atoms with Gasteiger partial charge in [-0.1, -0.05) is 54.6 Å². The fraction of sp³-hybridized carbons (Fsp3) is 0.290. The van der Waals surface area contributed by atoms with Crippen molar-refractivity contribution in [1.29, 1.82) is 0 Å². The number of fused-ring (bicyclic) bond motifs is 3. The summed E-state index contributed by atoms with van der Waals surface area (Å²) in [5.74, 6) is 0.629. The normalized spacial score (nSPS) is 16.1. The van der Waals surface area contributed by atoms with Gasteiger partial charge >= 0.3 is 0 Å². The average Bonchev–Trinajstić information content (AvgIpc) is 3.32. The minimum Gasteiger partial charge on any atom is -0.384 e. The summed E-state index contributed by atoms with van der Waals surface area (Å²) in [7, 11) is 0. The van der Waals surface area contributed by atoms with Gasteiger partial charge < -0.3 is 16.4 Å². The average molecular weight is 521 g/mol. The van der Waals surface area contributed by atoms with E-state index in [0.29, 0.717) is 31.7 Å². The summed E-state index contributed by atoms with van der Waals surface area (Å²) in [6.07, 6.45) is 4.90. The highest BCUT2D eigenvalue weighted by molar-refractivity contribution is 5.81. The molecule has 4 N–H and O–H groups in total. The predicted molar refractivity (Wildman–Crippen MR) is 152 cm³/mol. The van der Waals surface area contributed by atoms with Crippen LogP contribution >= 0.6 is 0 Å². The maximum Gasteiger partial charge on any atom is 0.294 e. The van der Waals surface area contributed by atoms with Crippen molar-refractivity contribution in [2.75, 3.05) is 17.6 Å². The van der Waals surface area contributed by atoms with Crippen molar-refractivity contribution in [2.24, 2.45) is 0 Å². The van der Waals surface area contributed by atoms with E-state index in [0.717, 1.165) is 29.8 Å². The Morgan fingerprint density at radius 1 is 1.00 bits per heavy atom. The molecule has 1 aliphatic heterocycles. The number of aromatic nitrogens is 3. The van der Waals surface area contributed by atoms with E-state index in [1.807, 2.05) is 13.0 Å². The summed E-state index contributed by atoms with van der Waals surface area (Å²) in [5.41, 5.74) is 13.2. The molecule has 8 heteroatoms. The first kappa shape index (κ1) is 24.9. The van der Waals surface area contributed by atoms with Gasteiger partial charge in [0.05, 0.1) is 0 Å². The lowest BCUT2D eigenvalue weighted by atomic mass is 9.88. The van der Waals surface area contributed by atoms with E-state index < -0.39 is 6.04 Å². The van der Waals surface area contributed by atoms with Gasteiger partial charge in [0.1, 0.15) is 11.9 Å². The number of hydrogen-bond donors (Lipinski definition) is 3. The molecule has 0 saturated carbocycles. The maximum absolute atomic E-state index is 13.6. The molecule has 2 aromatic heterocycles. The summed E-state index contributed by atoms with van der Waals surface area (Å²) in [4.78, 5) is 35.5. The molecule has 0 fully saturated rings. The van der Waals surface area contributed by atoms with Crippen molar-refractivity contribution in [3.63, 3.8) is 0 Å². The van der Waals surface area contributed by atoms with Crippen molar-refractivity contribution in [3.05, 3.63) is 116 Å². The molecule has 4 aromatic rings. The lowest BCUT2D eigenvalue weighted by Gasteiger charge is -2.22. The number of nitrogens with two attached hydrogens (primary N) is 1. The molecule has 0 unspecified atom stereocenters. The van der Waals surface area contributed by atoms with Crippen molar-refractivity contribution in [1.82, 2.24) is 19.9 Å². The number of nitrogens with zero attached hydrogens (tertiary/aromatic N) is 3. The van der Waals surface area contributed by atoms with Gasteiger partial charge in [0, 0.05) is 36.6 Å². The summed E-state index contributed by atoms with van der Waals surface area (Å²) >= 11 is 0. The quantitative estimate of drug-likeness (QED) is 0.357. The van der Waals surface area contributed by atoms with Gasteiger partial charge in [-0.25, -0.2) is 9.97 Å². The van der Waals surface area contributed by atoms with Crippen LogP contribution in [0.1, 0.15) is 57.6 Å². The highest BCUT2D eigenvalue weighted by Crippen LogP contribution is 2.34. The van der Waals surface area contributed by atoms with Gasteiger partial charge in [-0.2, -0.15) is 0 Å². The lowest BCUT2D eigenvalue weighted by molar-refractivity contribution is -0.124. The first-order chi connectivity index (χ1) is 19.0. The number of aryl methyl sites for hydroxylation is 4. The van der Waals surface area contributed by atoms with Crippen LogP contribution < -0.4 is 21.9 Å². The highest BCUT2D eigenvalue weighted by atomic mass is 16.2. The van der Waals surface area contributed by atoms with Gasteiger partial charge in [-0.05, 0) is 66.5 Å². The number of anilines is 2. The number of hydrogen-bond acceptors (Lipinski definition) is 6. The van der Waals surface area contributed by atoms with E-state index in [-0.39, 0.29) is 23.2 Å². The van der Waals surface area contributed by atoms with Gasteiger partial charge in [-0.3, -0.25) is 14.2 Å². The second-order valence-corrected chi connectivity index (χ2v) is 10.4. The molecule has 1 aliphatic carbocycles. The molecule has 6 rings (SSSR count). The van der Waals surface area contributed by atoms with Crippen LogP contribution in [0, 0.1) is 6.92 Å². The van der Waals surface area contributed by atoms with Crippen LogP contribution in [-0.2, 0) is 30.6 Å². The van der Waals surface area contributed by atoms with Crippen molar-refractivity contribution < 1.29 is 4.79 Å². The fourth-order valence-corrected chi connectivity index (χ4v) is 5.97. The first-order valence-electron chi connectivity index (χ1n) is 13.5. The molecular formula is C31H32N6O2. The minimum absolute atomic E-state index is 0.0928. The van der Waals surface area contributed by atoms with Gasteiger partial charge in [0.15, 0.2) is 5.82 Å². The molecule has 1 atom stereocenters. The summed E-state index contributed by atoms with van der Waals surface area (Å²) in [6.45, 7) is 2.73. The zero-order valence-corrected chi connectivity index (χ0v) is 22.0. The maximum atomic E-state index is 13.6. The Morgan fingerprint density at radius 3 is 2.38 bits per heavy atom. The third kappa shape index (κ3) is 4.78. The largest absolute Gasteiger partial charge is 0.384 e. The Morgan fingerprint density at radius 2 is 1.69 bits per heavy atom. The number of pyridine rings is 1. The number of carbonyl (C=O) groups excluding carboxylic acids is 1. The Labute approximate surface area is 227 Å². The molecule has 3 heterocycles. The van der Waals surface area contributed by atoms with Crippen LogP contribution in [0.5, 0.6) is 0 Å². The molecule has 39 heavy (non-hydrogen) atoms. The molecule has 2 aromatic carbocycles. The van der Waals surface area contributed by atoms with Gasteiger partial charge in [-0.15, -0.1) is 0 Å². The Hall–Kier alpha value is -4.46. The molecule has 0 spiro atoms. The summed E-state index contributed by atoms with van der Waals surface area (Å²) in [6, 6.07) is 20.1. The molecule has 1 amide bonds. The predicted octanol–water partition coefficient (Wildman–Crippen LogP) is 3.68. The second kappa shape index (κ2) is 10.4. The summed E-state index contributed by atoms with van der Waals surface area (Å²) < 4.78 is 1.60. The fourth-order valence-electron chi connectivity index (χ4n) is 5.97. The zero-order chi connectivity index (χ0) is 26.9. The number of nitrogen functional groups attached to an aromatic ring is 1. The number of carbonyl (C=O) groups is 1. The number of nitrogens with one attached hydrogen (secondary N) is 2. The minimum atomic E-state index is -0.572. The third-order valence-electron chi connectivity index (χ3n) is 8.03. The van der Waals surface area contributed by atoms with Crippen molar-refractivity contribution in [2.45, 2.75) is 51.1 Å². The van der Waals surface area contributed by atoms with Crippen LogP contribution in [-0.4, -0.2) is 27.0 Å². The highest BCUT2D eigenvalue weighted by Gasteiger charge is 2.31. The molecule has 0 radical (unpaired) electrons. The molecular weight excluding hydrogens is 488 g/mol. The van der Waals surface area contributed by atoms with E-state index in [9.17, 15) is 9.59 Å². The third-order valence-corrected chi connectivity index (χ3v) is 8.03. The van der Waals surface area contributed by atoms with Crippen LogP contribution in [0.15, 0.2) is 71.7 Å². The van der Waals surface area contributed by atoms with Crippen LogP contribution in [0.3, 0.4) is 0 Å². The topological polar surface area (TPSA) is 115 Å². The Kier molecular flexibility index (Phi) is 6.60. The number of amides is 1. The Bertz CT molecular complexity index is 1560. The summed E-state index contributed by atoms with van der Waals surface area (Å²) in [5, 5.41) is 6.34. The van der Waals surface area contributed by atoms with Gasteiger partial charge in [0.25, 0.3) is 5.56 Å². The molecule has 8 nitrogen and oxygen atoms in total. The van der Waals surface area contributed by atoms with Gasteiger partial charge in [0.2, 0.25) is 5.91 Å². The van der Waals surface area contributed by atoms with Crippen LogP contribution in [0.2, 0.25) is 0 Å². The Balaban J connectivity index is 1.23. The van der Waals surface area contributed by atoms with E-state index in [1.54, 1.807) is 16.8 Å². The molecule has 0 bridgehead atoms. The lowest BCUT2D eigenvalue weighted by Crippen LogP contribution is -2.36. The second-order valence-electron chi connectivity index (χ2n) is 10.4. The van der Waals surface area contributed by atoms with E-state index in [1.165, 1.54) is 22.3 Å². The number of rotatable bonds is 6. The van der Waals surface area contributed by atoms with Crippen LogP contribution in [0.4, 0.5) is 11.6 Å². The van der Waals surface area contributed by atoms with Crippen molar-refractivity contribution in [3.8, 4) is 0 Å². The monoisotopic (exact) mass is 520 g/mol. The van der Waals surface area contributed by atoms with E-state index >= 15 is 0 Å².